The second kappa shape index (κ2) is 15.1. The zero-order chi connectivity index (χ0) is 46.1. The molecule has 10 aromatic rings. The maximum Gasteiger partial charge on any atom is 0.0727 e. The average Bonchev–Trinajstić information content (AvgIpc) is 3.86. The standard InChI is InChI=1S/C61H42N2/c1-6-21-43(22-7-1)50-33-20-34-51(44-23-8-2-9-24-44)60(50)63(47-29-14-5-15-30-47)49-38-40-55-53-32-17-19-36-57(53)61(59(55)42-49)56-35-18-16-31-52(56)54-39-37-48(41-58(54)61)62(45-25-10-3-11-26-45)46-27-12-4-13-28-46/h1-42H/i5D,14D,15D,29D,30D. The van der Waals surface area contributed by atoms with Crippen LogP contribution in [0.5, 0.6) is 0 Å². The second-order valence-electron chi connectivity index (χ2n) is 16.1. The minimum absolute atomic E-state index is 0.0666. The van der Waals surface area contributed by atoms with Gasteiger partial charge < -0.3 is 9.80 Å². The summed E-state index contributed by atoms with van der Waals surface area (Å²) in [6.45, 7) is 0. The SMILES string of the molecule is [2H]c1c([2H])c([2H])c(N(c2ccc3c(c2)C2(c4ccccc4-c4ccc(N(c5ccccc5)c5ccccc5)cc42)c2ccccc2-3)c2c(-c3ccccc3)cccc2-c2ccccc2)c([2H])c1[2H]. The quantitative estimate of drug-likeness (QED) is 0.151. The van der Waals surface area contributed by atoms with Crippen LogP contribution in [0.15, 0.2) is 255 Å². The van der Waals surface area contributed by atoms with Gasteiger partial charge in [-0.1, -0.05) is 194 Å². The van der Waals surface area contributed by atoms with Crippen LogP contribution in [-0.4, -0.2) is 0 Å². The molecule has 0 bridgehead atoms. The number of rotatable bonds is 8. The van der Waals surface area contributed by atoms with Crippen LogP contribution in [-0.2, 0) is 5.41 Å². The molecule has 2 aliphatic rings. The van der Waals surface area contributed by atoms with E-state index in [1.165, 1.54) is 0 Å². The first kappa shape index (κ1) is 31.6. The summed E-state index contributed by atoms with van der Waals surface area (Å²) in [7, 11) is 0. The summed E-state index contributed by atoms with van der Waals surface area (Å²) >= 11 is 0. The highest BCUT2D eigenvalue weighted by atomic mass is 15.2. The van der Waals surface area contributed by atoms with E-state index in [4.69, 9.17) is 4.11 Å². The lowest BCUT2D eigenvalue weighted by Crippen LogP contribution is -2.26. The van der Waals surface area contributed by atoms with Gasteiger partial charge in [-0.05, 0) is 116 Å². The second-order valence-corrected chi connectivity index (χ2v) is 16.1. The Kier molecular flexibility index (Phi) is 7.56. The van der Waals surface area contributed by atoms with Gasteiger partial charge in [-0.15, -0.1) is 0 Å². The molecule has 1 spiro atoms. The Labute approximate surface area is 376 Å². The van der Waals surface area contributed by atoms with Crippen LogP contribution in [0, 0.1) is 0 Å². The van der Waals surface area contributed by atoms with E-state index in [1.54, 1.807) is 0 Å². The number of fused-ring (bicyclic) bond motifs is 10. The Morgan fingerprint density at radius 2 is 0.683 bits per heavy atom. The molecule has 0 saturated heterocycles. The van der Waals surface area contributed by atoms with E-state index in [1.807, 2.05) is 59.5 Å². The monoisotopic (exact) mass is 807 g/mol. The molecule has 63 heavy (non-hydrogen) atoms. The Morgan fingerprint density at radius 3 is 1.17 bits per heavy atom. The van der Waals surface area contributed by atoms with Gasteiger partial charge >= 0.3 is 0 Å². The van der Waals surface area contributed by atoms with E-state index < -0.39 is 23.5 Å². The predicted octanol–water partition coefficient (Wildman–Crippen LogP) is 16.3. The van der Waals surface area contributed by atoms with Crippen LogP contribution in [0.4, 0.5) is 34.1 Å². The third-order valence-electron chi connectivity index (χ3n) is 12.7. The zero-order valence-corrected chi connectivity index (χ0v) is 34.3. The van der Waals surface area contributed by atoms with Crippen molar-refractivity contribution in [1.29, 1.82) is 0 Å². The molecular weight excluding hydrogens is 761 g/mol. The van der Waals surface area contributed by atoms with Crippen molar-refractivity contribution in [2.45, 2.75) is 5.41 Å². The first-order valence-corrected chi connectivity index (χ1v) is 21.4. The van der Waals surface area contributed by atoms with Crippen molar-refractivity contribution in [3.63, 3.8) is 0 Å². The summed E-state index contributed by atoms with van der Waals surface area (Å²) < 4.78 is 46.0. The van der Waals surface area contributed by atoms with Crippen LogP contribution in [0.3, 0.4) is 0 Å². The van der Waals surface area contributed by atoms with E-state index in [9.17, 15) is 2.74 Å². The Balaban J connectivity index is 1.19. The minimum Gasteiger partial charge on any atom is -0.310 e. The molecule has 0 N–H and O–H groups in total. The molecule has 2 nitrogen and oxygen atoms in total. The fourth-order valence-corrected chi connectivity index (χ4v) is 10.2. The zero-order valence-electron chi connectivity index (χ0n) is 39.3. The first-order chi connectivity index (χ1) is 33.4. The molecule has 0 heterocycles. The van der Waals surface area contributed by atoms with E-state index >= 15 is 0 Å². The molecule has 12 rings (SSSR count). The third kappa shape index (κ3) is 5.80. The molecule has 10 aromatic carbocycles. The van der Waals surface area contributed by atoms with Crippen LogP contribution in [0.2, 0.25) is 0 Å². The number of anilines is 6. The van der Waals surface area contributed by atoms with Gasteiger partial charge in [0.2, 0.25) is 0 Å². The summed E-state index contributed by atoms with van der Waals surface area (Å²) in [5.41, 5.74) is 16.2. The van der Waals surface area contributed by atoms with Crippen molar-refractivity contribution >= 4 is 34.1 Å². The van der Waals surface area contributed by atoms with E-state index in [0.717, 1.165) is 83.8 Å². The Bertz CT molecular complexity index is 3440. The lowest BCUT2D eigenvalue weighted by atomic mass is 9.70. The number of nitrogens with zero attached hydrogens (tertiary/aromatic N) is 2. The number of hydrogen-bond acceptors (Lipinski definition) is 2. The van der Waals surface area contributed by atoms with Crippen LogP contribution >= 0.6 is 0 Å². The minimum atomic E-state index is -0.796. The van der Waals surface area contributed by atoms with Crippen LogP contribution in [0.25, 0.3) is 44.5 Å². The molecule has 0 aliphatic heterocycles. The van der Waals surface area contributed by atoms with Crippen LogP contribution in [0.1, 0.15) is 29.1 Å². The topological polar surface area (TPSA) is 6.48 Å². The van der Waals surface area contributed by atoms with Gasteiger partial charge in [0.1, 0.15) is 0 Å². The van der Waals surface area contributed by atoms with Crippen molar-refractivity contribution in [2.24, 2.45) is 0 Å². The molecule has 0 radical (unpaired) electrons. The van der Waals surface area contributed by atoms with E-state index in [2.05, 4.69) is 175 Å². The fraction of sp³-hybridized carbons (Fsp3) is 0.0164. The molecule has 1 unspecified atom stereocenters. The normalized spacial score (nSPS) is 15.2. The van der Waals surface area contributed by atoms with Crippen molar-refractivity contribution in [3.8, 4) is 44.5 Å². The molecule has 0 aromatic heterocycles. The van der Waals surface area contributed by atoms with E-state index in [-0.39, 0.29) is 17.8 Å². The molecule has 1 atom stereocenters. The Hall–Kier alpha value is -8.20. The van der Waals surface area contributed by atoms with Gasteiger partial charge in [0.15, 0.2) is 0 Å². The molecule has 2 heteroatoms. The number of benzene rings is 10. The van der Waals surface area contributed by atoms with Crippen LogP contribution < -0.4 is 9.80 Å². The summed E-state index contributed by atoms with van der Waals surface area (Å²) in [6, 6.07) is 76.1. The number of para-hydroxylation sites is 4. The summed E-state index contributed by atoms with van der Waals surface area (Å²) in [6.07, 6.45) is 0. The lowest BCUT2D eigenvalue weighted by Gasteiger charge is -2.34. The van der Waals surface area contributed by atoms with Crippen molar-refractivity contribution in [3.05, 3.63) is 277 Å². The highest BCUT2D eigenvalue weighted by Crippen LogP contribution is 2.64. The molecule has 296 valence electrons. The van der Waals surface area contributed by atoms with Gasteiger partial charge in [-0.25, -0.2) is 0 Å². The average molecular weight is 808 g/mol. The van der Waals surface area contributed by atoms with Gasteiger partial charge in [-0.3, -0.25) is 0 Å². The summed E-state index contributed by atoms with van der Waals surface area (Å²) in [5, 5.41) is 0. The predicted molar refractivity (Wildman–Crippen MR) is 263 cm³/mol. The van der Waals surface area contributed by atoms with Gasteiger partial charge in [0.05, 0.1) is 18.0 Å². The first-order valence-electron chi connectivity index (χ1n) is 23.9. The van der Waals surface area contributed by atoms with Gasteiger partial charge in [-0.2, -0.15) is 0 Å². The largest absolute Gasteiger partial charge is 0.310 e. The molecule has 2 aliphatic carbocycles. The highest BCUT2D eigenvalue weighted by Gasteiger charge is 2.52. The maximum atomic E-state index is 9.61. The van der Waals surface area contributed by atoms with Gasteiger partial charge in [0.25, 0.3) is 0 Å². The molecule has 0 saturated carbocycles. The lowest BCUT2D eigenvalue weighted by molar-refractivity contribution is 0.793. The molecule has 0 fully saturated rings. The summed E-state index contributed by atoms with van der Waals surface area (Å²) in [5.74, 6) is 0. The van der Waals surface area contributed by atoms with E-state index in [0.29, 0.717) is 11.4 Å². The maximum absolute atomic E-state index is 9.61. The Morgan fingerprint density at radius 1 is 0.286 bits per heavy atom. The number of hydrogen-bond donors (Lipinski definition) is 0. The van der Waals surface area contributed by atoms with Crippen molar-refractivity contribution < 1.29 is 6.85 Å². The van der Waals surface area contributed by atoms with Crippen molar-refractivity contribution in [1.82, 2.24) is 0 Å². The van der Waals surface area contributed by atoms with Crippen molar-refractivity contribution in [2.75, 3.05) is 9.80 Å². The fourth-order valence-electron chi connectivity index (χ4n) is 10.2. The summed E-state index contributed by atoms with van der Waals surface area (Å²) in [4.78, 5) is 4.23. The highest BCUT2D eigenvalue weighted by molar-refractivity contribution is 6.00. The van der Waals surface area contributed by atoms with Gasteiger partial charge in [0, 0.05) is 39.6 Å². The smallest absolute Gasteiger partial charge is 0.0727 e. The molecule has 0 amide bonds. The molecular formula is C61H42N2. The third-order valence-corrected chi connectivity index (χ3v) is 12.7.